The molecule has 1 heteroatoms. The van der Waals surface area contributed by atoms with E-state index in [-0.39, 0.29) is 0 Å². The molecule has 64 valence electrons. The molecule has 0 spiro atoms. The molecule has 2 aliphatic carbocycles. The van der Waals surface area contributed by atoms with Crippen molar-refractivity contribution in [1.82, 2.24) is 0 Å². The Morgan fingerprint density at radius 1 is 0.818 bits per heavy atom. The predicted molar refractivity (Wildman–Crippen MR) is 47.3 cm³/mol. The van der Waals surface area contributed by atoms with Crippen LogP contribution in [-0.2, 0) is 0 Å². The lowest BCUT2D eigenvalue weighted by atomic mass is 9.91. The first-order valence-electron chi connectivity index (χ1n) is 5.12. The fourth-order valence-electron chi connectivity index (χ4n) is 2.95. The molecule has 0 bridgehead atoms. The van der Waals surface area contributed by atoms with Gasteiger partial charge in [0, 0.05) is 6.04 Å². The van der Waals surface area contributed by atoms with Gasteiger partial charge in [-0.15, -0.1) is 0 Å². The van der Waals surface area contributed by atoms with Crippen LogP contribution in [0.3, 0.4) is 0 Å². The van der Waals surface area contributed by atoms with Gasteiger partial charge in [0.2, 0.25) is 0 Å². The summed E-state index contributed by atoms with van der Waals surface area (Å²) in [5.41, 5.74) is 5.99. The maximum Gasteiger partial charge on any atom is 0.00415 e. The van der Waals surface area contributed by atoms with Crippen LogP contribution in [0.15, 0.2) is 0 Å². The Hall–Kier alpha value is -0.0400. The minimum Gasteiger partial charge on any atom is -0.328 e. The van der Waals surface area contributed by atoms with E-state index in [9.17, 15) is 0 Å². The summed E-state index contributed by atoms with van der Waals surface area (Å²) in [6.45, 7) is 0. The number of nitrogens with two attached hydrogens (primary N) is 1. The second kappa shape index (κ2) is 3.14. The molecule has 0 aromatic carbocycles. The van der Waals surface area contributed by atoms with Crippen molar-refractivity contribution in [3.05, 3.63) is 0 Å². The van der Waals surface area contributed by atoms with Crippen molar-refractivity contribution in [2.75, 3.05) is 0 Å². The Morgan fingerprint density at radius 3 is 2.27 bits per heavy atom. The van der Waals surface area contributed by atoms with Crippen molar-refractivity contribution in [3.8, 4) is 0 Å². The molecule has 0 aromatic heterocycles. The summed E-state index contributed by atoms with van der Waals surface area (Å²) in [5, 5.41) is 0. The average Bonchev–Trinajstić information content (AvgIpc) is 2.31. The van der Waals surface area contributed by atoms with Crippen molar-refractivity contribution < 1.29 is 0 Å². The fourth-order valence-corrected chi connectivity index (χ4v) is 2.95. The van der Waals surface area contributed by atoms with Crippen molar-refractivity contribution in [3.63, 3.8) is 0 Å². The highest BCUT2D eigenvalue weighted by Gasteiger charge is 2.30. The van der Waals surface area contributed by atoms with Crippen LogP contribution in [0.4, 0.5) is 0 Å². The highest BCUT2D eigenvalue weighted by molar-refractivity contribution is 4.83. The Labute approximate surface area is 69.4 Å². The largest absolute Gasteiger partial charge is 0.328 e. The molecule has 0 saturated heterocycles. The van der Waals surface area contributed by atoms with Crippen LogP contribution >= 0.6 is 0 Å². The Balaban J connectivity index is 1.98. The lowest BCUT2D eigenvalue weighted by Gasteiger charge is -2.16. The van der Waals surface area contributed by atoms with Crippen LogP contribution in [0, 0.1) is 11.8 Å². The van der Waals surface area contributed by atoms with Crippen LogP contribution in [0.25, 0.3) is 0 Å². The molecule has 0 amide bonds. The maximum absolute atomic E-state index is 5.99. The molecular formula is C10H19N. The van der Waals surface area contributed by atoms with Crippen molar-refractivity contribution in [1.29, 1.82) is 0 Å². The van der Waals surface area contributed by atoms with E-state index in [4.69, 9.17) is 5.73 Å². The van der Waals surface area contributed by atoms with E-state index in [2.05, 4.69) is 0 Å². The van der Waals surface area contributed by atoms with E-state index in [0.717, 1.165) is 11.8 Å². The molecule has 2 saturated carbocycles. The van der Waals surface area contributed by atoms with E-state index in [1.807, 2.05) is 0 Å². The number of hydrogen-bond acceptors (Lipinski definition) is 1. The highest BCUT2D eigenvalue weighted by atomic mass is 14.6. The van der Waals surface area contributed by atoms with Gasteiger partial charge in [-0.05, 0) is 24.7 Å². The smallest absolute Gasteiger partial charge is 0.00415 e. The number of hydrogen-bond donors (Lipinski definition) is 1. The molecule has 2 N–H and O–H groups in total. The molecule has 2 fully saturated rings. The molecule has 2 rings (SSSR count). The topological polar surface area (TPSA) is 26.0 Å². The second-order valence-electron chi connectivity index (χ2n) is 4.38. The third-order valence-corrected chi connectivity index (χ3v) is 3.57. The van der Waals surface area contributed by atoms with Gasteiger partial charge >= 0.3 is 0 Å². The Kier molecular flexibility index (Phi) is 2.17. The van der Waals surface area contributed by atoms with Crippen molar-refractivity contribution in [2.24, 2.45) is 17.6 Å². The quantitative estimate of drug-likeness (QED) is 0.568. The molecule has 11 heavy (non-hydrogen) atoms. The molecule has 0 aromatic rings. The number of rotatable bonds is 0. The predicted octanol–water partition coefficient (Wildman–Crippen LogP) is 2.30. The number of fused-ring (bicyclic) bond motifs is 1. The summed E-state index contributed by atoms with van der Waals surface area (Å²) in [5.74, 6) is 2.07. The third kappa shape index (κ3) is 1.58. The van der Waals surface area contributed by atoms with Crippen molar-refractivity contribution >= 4 is 0 Å². The van der Waals surface area contributed by atoms with Gasteiger partial charge in [0.25, 0.3) is 0 Å². The second-order valence-corrected chi connectivity index (χ2v) is 4.38. The standard InChI is InChI=1S/C10H19N/c11-10-6-2-4-8-3-1-5-9(8)7-10/h8-10H,1-7,11H2. The summed E-state index contributed by atoms with van der Waals surface area (Å²) in [7, 11) is 0. The zero-order valence-corrected chi connectivity index (χ0v) is 7.26. The molecule has 3 atom stereocenters. The van der Waals surface area contributed by atoms with Gasteiger partial charge in [0.15, 0.2) is 0 Å². The lowest BCUT2D eigenvalue weighted by Crippen LogP contribution is -2.21. The molecule has 1 nitrogen and oxygen atoms in total. The first kappa shape index (κ1) is 7.60. The monoisotopic (exact) mass is 153 g/mol. The maximum atomic E-state index is 5.99. The van der Waals surface area contributed by atoms with Crippen molar-refractivity contribution in [2.45, 2.75) is 51.0 Å². The van der Waals surface area contributed by atoms with Gasteiger partial charge in [-0.1, -0.05) is 32.1 Å². The van der Waals surface area contributed by atoms with E-state index in [1.165, 1.54) is 44.9 Å². The van der Waals surface area contributed by atoms with E-state index < -0.39 is 0 Å². The van der Waals surface area contributed by atoms with Crippen LogP contribution in [0.1, 0.15) is 44.9 Å². The first-order chi connectivity index (χ1) is 5.36. The average molecular weight is 153 g/mol. The zero-order chi connectivity index (χ0) is 7.68. The zero-order valence-electron chi connectivity index (χ0n) is 7.26. The van der Waals surface area contributed by atoms with Crippen LogP contribution in [0.2, 0.25) is 0 Å². The Bertz CT molecular complexity index is 133. The van der Waals surface area contributed by atoms with Gasteiger partial charge in [-0.3, -0.25) is 0 Å². The molecule has 0 heterocycles. The minimum atomic E-state index is 0.531. The van der Waals surface area contributed by atoms with Gasteiger partial charge in [-0.2, -0.15) is 0 Å². The minimum absolute atomic E-state index is 0.531. The fraction of sp³-hybridized carbons (Fsp3) is 1.00. The van der Waals surface area contributed by atoms with Crippen LogP contribution < -0.4 is 5.73 Å². The summed E-state index contributed by atoms with van der Waals surface area (Å²) >= 11 is 0. The lowest BCUT2D eigenvalue weighted by molar-refractivity contribution is 0.357. The van der Waals surface area contributed by atoms with Gasteiger partial charge in [-0.25, -0.2) is 0 Å². The SMILES string of the molecule is NC1CCCC2CCCC2C1. The highest BCUT2D eigenvalue weighted by Crippen LogP contribution is 2.40. The molecule has 3 unspecified atom stereocenters. The molecular weight excluding hydrogens is 134 g/mol. The summed E-state index contributed by atoms with van der Waals surface area (Å²) in [6, 6.07) is 0.531. The van der Waals surface area contributed by atoms with E-state index in [1.54, 1.807) is 0 Å². The summed E-state index contributed by atoms with van der Waals surface area (Å²) in [4.78, 5) is 0. The first-order valence-corrected chi connectivity index (χ1v) is 5.12. The van der Waals surface area contributed by atoms with Crippen LogP contribution in [0.5, 0.6) is 0 Å². The summed E-state index contributed by atoms with van der Waals surface area (Å²) in [6.07, 6.45) is 9.91. The summed E-state index contributed by atoms with van der Waals surface area (Å²) < 4.78 is 0. The third-order valence-electron chi connectivity index (χ3n) is 3.57. The van der Waals surface area contributed by atoms with Gasteiger partial charge < -0.3 is 5.73 Å². The van der Waals surface area contributed by atoms with E-state index >= 15 is 0 Å². The molecule has 0 radical (unpaired) electrons. The van der Waals surface area contributed by atoms with Crippen LogP contribution in [-0.4, -0.2) is 6.04 Å². The molecule has 2 aliphatic rings. The van der Waals surface area contributed by atoms with Gasteiger partial charge in [0.05, 0.1) is 0 Å². The van der Waals surface area contributed by atoms with Gasteiger partial charge in [0.1, 0.15) is 0 Å². The van der Waals surface area contributed by atoms with E-state index in [0.29, 0.717) is 6.04 Å². The Morgan fingerprint density at radius 2 is 1.45 bits per heavy atom. The molecule has 0 aliphatic heterocycles. The normalized spacial score (nSPS) is 45.0.